The number of hydrogen-bond acceptors (Lipinski definition) is 6. The fourth-order valence-corrected chi connectivity index (χ4v) is 6.19. The first-order valence-electron chi connectivity index (χ1n) is 12.7. The molecule has 1 saturated heterocycles. The van der Waals surface area contributed by atoms with Crippen LogP contribution in [0.4, 0.5) is 10.5 Å². The number of piperazine rings is 1. The van der Waals surface area contributed by atoms with E-state index in [0.29, 0.717) is 12.1 Å². The van der Waals surface area contributed by atoms with Gasteiger partial charge in [-0.25, -0.2) is 13.2 Å². The normalized spacial score (nSPS) is 15.4. The maximum atomic E-state index is 13.3. The Balaban J connectivity index is 1.60. The lowest BCUT2D eigenvalue weighted by Crippen LogP contribution is -2.59. The van der Waals surface area contributed by atoms with Crippen LogP contribution in [0.15, 0.2) is 53.4 Å². The number of nitrogens with one attached hydrogen (secondary N) is 3. The first-order valence-corrected chi connectivity index (χ1v) is 14.9. The van der Waals surface area contributed by atoms with Crippen molar-refractivity contribution in [1.82, 2.24) is 19.8 Å². The van der Waals surface area contributed by atoms with E-state index >= 15 is 0 Å². The highest BCUT2D eigenvalue weighted by Gasteiger charge is 2.34. The van der Waals surface area contributed by atoms with E-state index in [2.05, 4.69) is 15.4 Å². The van der Waals surface area contributed by atoms with Crippen molar-refractivity contribution < 1.29 is 27.9 Å². The van der Waals surface area contributed by atoms with Gasteiger partial charge in [-0.1, -0.05) is 55.2 Å². The van der Waals surface area contributed by atoms with Gasteiger partial charge >= 0.3 is 6.03 Å². The number of para-hydroxylation sites is 1. The Morgan fingerprint density at radius 3 is 2.02 bits per heavy atom. The van der Waals surface area contributed by atoms with Gasteiger partial charge in [0.05, 0.1) is 11.6 Å². The maximum Gasteiger partial charge on any atom is 0.319 e. The van der Waals surface area contributed by atoms with Gasteiger partial charge in [0, 0.05) is 36.9 Å². The van der Waals surface area contributed by atoms with Crippen LogP contribution in [0.2, 0.25) is 10.0 Å². The molecule has 0 aliphatic carbocycles. The number of carbonyl (C=O) groups is 3. The van der Waals surface area contributed by atoms with Crippen molar-refractivity contribution in [2.45, 2.75) is 37.2 Å². The number of carbonyl (C=O) groups excluding carboxylic acids is 3. The van der Waals surface area contributed by atoms with Gasteiger partial charge in [0.25, 0.3) is 0 Å². The number of benzene rings is 2. The third kappa shape index (κ3) is 8.55. The van der Waals surface area contributed by atoms with Crippen molar-refractivity contribution >= 4 is 56.8 Å². The highest BCUT2D eigenvalue weighted by Crippen LogP contribution is 2.25. The van der Waals surface area contributed by atoms with Gasteiger partial charge in [-0.15, -0.1) is 0 Å². The molecule has 218 valence electrons. The minimum Gasteiger partial charge on any atom is -0.394 e. The molecule has 2 atom stereocenters. The maximum absolute atomic E-state index is 13.3. The van der Waals surface area contributed by atoms with Crippen molar-refractivity contribution in [3.05, 3.63) is 58.6 Å². The largest absolute Gasteiger partial charge is 0.394 e. The number of anilines is 1. The standard InChI is InChI=1S/C26H33Cl2N5O6S/c1-17(2)14-21(30-26(37)29-19-6-4-3-5-7-19)24(35)32-10-12-33(13-11-32)25(36)22(16-34)31-40(38,39)23-9-8-18(27)15-20(23)28/h3-9,15,17,21-22,31,34H,10-14,16H2,1-2H3,(H2,29,30,37)/t21-,22-/m0/s1. The Hall–Kier alpha value is -2.90. The van der Waals surface area contributed by atoms with E-state index in [1.54, 1.807) is 29.2 Å². The average molecular weight is 615 g/mol. The molecule has 0 bridgehead atoms. The number of amides is 4. The Kier molecular flexibility index (Phi) is 11.2. The number of nitrogens with zero attached hydrogens (tertiary/aromatic N) is 2. The van der Waals surface area contributed by atoms with E-state index in [1.807, 2.05) is 19.9 Å². The van der Waals surface area contributed by atoms with Gasteiger partial charge in [0.2, 0.25) is 21.8 Å². The molecule has 0 unspecified atom stereocenters. The Morgan fingerprint density at radius 1 is 0.925 bits per heavy atom. The molecule has 2 aromatic rings. The second-order valence-corrected chi connectivity index (χ2v) is 12.3. The number of sulfonamides is 1. The van der Waals surface area contributed by atoms with Gasteiger partial charge in [-0.2, -0.15) is 4.72 Å². The van der Waals surface area contributed by atoms with E-state index in [-0.39, 0.29) is 52.9 Å². The molecule has 0 aromatic heterocycles. The highest BCUT2D eigenvalue weighted by molar-refractivity contribution is 7.89. The van der Waals surface area contributed by atoms with Crippen LogP contribution in [-0.4, -0.2) is 86.0 Å². The van der Waals surface area contributed by atoms with Gasteiger partial charge in [0.1, 0.15) is 17.0 Å². The summed E-state index contributed by atoms with van der Waals surface area (Å²) in [6.07, 6.45) is 0.418. The number of urea groups is 1. The van der Waals surface area contributed by atoms with Crippen LogP contribution < -0.4 is 15.4 Å². The molecule has 1 heterocycles. The number of rotatable bonds is 10. The minimum atomic E-state index is -4.24. The van der Waals surface area contributed by atoms with Crippen LogP contribution in [0.5, 0.6) is 0 Å². The first-order chi connectivity index (χ1) is 18.9. The molecule has 0 spiro atoms. The SMILES string of the molecule is CC(C)C[C@H](NC(=O)Nc1ccccc1)C(=O)N1CCN(C(=O)[C@H](CO)NS(=O)(=O)c2ccc(Cl)cc2Cl)CC1. The summed E-state index contributed by atoms with van der Waals surface area (Å²) in [7, 11) is -4.24. The number of halogens is 2. The molecule has 2 aromatic carbocycles. The summed E-state index contributed by atoms with van der Waals surface area (Å²) in [5.41, 5.74) is 0.593. The van der Waals surface area contributed by atoms with Crippen LogP contribution in [0.3, 0.4) is 0 Å². The number of aliphatic hydroxyl groups is 1. The lowest BCUT2D eigenvalue weighted by Gasteiger charge is -2.38. The van der Waals surface area contributed by atoms with Crippen LogP contribution in [-0.2, 0) is 19.6 Å². The Labute approximate surface area is 243 Å². The summed E-state index contributed by atoms with van der Waals surface area (Å²) in [5.74, 6) is -0.788. The van der Waals surface area contributed by atoms with Gasteiger partial charge in [-0.3, -0.25) is 9.59 Å². The molecule has 1 aliphatic heterocycles. The Bertz CT molecular complexity index is 1300. The van der Waals surface area contributed by atoms with E-state index in [9.17, 15) is 27.9 Å². The van der Waals surface area contributed by atoms with E-state index in [0.717, 1.165) is 0 Å². The Morgan fingerprint density at radius 2 is 1.50 bits per heavy atom. The summed E-state index contributed by atoms with van der Waals surface area (Å²) in [6.45, 7) is 3.70. The molecule has 14 heteroatoms. The summed E-state index contributed by atoms with van der Waals surface area (Å²) in [4.78, 5) is 41.6. The zero-order valence-corrected chi connectivity index (χ0v) is 24.5. The summed E-state index contributed by atoms with van der Waals surface area (Å²) >= 11 is 11.8. The van der Waals surface area contributed by atoms with Crippen LogP contribution in [0.25, 0.3) is 0 Å². The van der Waals surface area contributed by atoms with Crippen LogP contribution >= 0.6 is 23.2 Å². The zero-order chi connectivity index (χ0) is 29.4. The second-order valence-electron chi connectivity index (χ2n) is 9.73. The molecular weight excluding hydrogens is 581 g/mol. The third-order valence-electron chi connectivity index (χ3n) is 6.21. The number of hydrogen-bond donors (Lipinski definition) is 4. The van der Waals surface area contributed by atoms with Crippen molar-refractivity contribution in [3.63, 3.8) is 0 Å². The smallest absolute Gasteiger partial charge is 0.319 e. The van der Waals surface area contributed by atoms with Crippen molar-refractivity contribution in [2.24, 2.45) is 5.92 Å². The average Bonchev–Trinajstić information content (AvgIpc) is 2.90. The second kappa shape index (κ2) is 14.1. The highest BCUT2D eigenvalue weighted by atomic mass is 35.5. The molecule has 4 amide bonds. The molecule has 4 N–H and O–H groups in total. The van der Waals surface area contributed by atoms with Crippen molar-refractivity contribution in [3.8, 4) is 0 Å². The molecule has 0 saturated carbocycles. The van der Waals surface area contributed by atoms with Crippen molar-refractivity contribution in [2.75, 3.05) is 38.1 Å². The minimum absolute atomic E-state index is 0.120. The third-order valence-corrected chi connectivity index (χ3v) is 8.40. The van der Waals surface area contributed by atoms with E-state index in [4.69, 9.17) is 23.2 Å². The van der Waals surface area contributed by atoms with Crippen LogP contribution in [0.1, 0.15) is 20.3 Å². The predicted octanol–water partition coefficient (Wildman–Crippen LogP) is 2.54. The monoisotopic (exact) mass is 613 g/mol. The molecular formula is C26H33Cl2N5O6S. The summed E-state index contributed by atoms with van der Waals surface area (Å²) < 4.78 is 27.8. The lowest BCUT2D eigenvalue weighted by molar-refractivity contribution is -0.142. The molecule has 1 fully saturated rings. The molecule has 40 heavy (non-hydrogen) atoms. The van der Waals surface area contributed by atoms with Gasteiger partial charge < -0.3 is 25.5 Å². The molecule has 0 radical (unpaired) electrons. The van der Waals surface area contributed by atoms with Gasteiger partial charge in [-0.05, 0) is 42.7 Å². The lowest BCUT2D eigenvalue weighted by atomic mass is 10.0. The molecule has 1 aliphatic rings. The molecule has 11 nitrogen and oxygen atoms in total. The summed E-state index contributed by atoms with van der Waals surface area (Å²) in [6, 6.07) is 9.96. The molecule has 3 rings (SSSR count). The van der Waals surface area contributed by atoms with E-state index in [1.165, 1.54) is 23.1 Å². The fourth-order valence-electron chi connectivity index (χ4n) is 4.24. The quantitative estimate of drug-likeness (QED) is 0.324. The topological polar surface area (TPSA) is 148 Å². The van der Waals surface area contributed by atoms with E-state index < -0.39 is 40.7 Å². The summed E-state index contributed by atoms with van der Waals surface area (Å²) in [5, 5.41) is 15.4. The predicted molar refractivity (Wildman–Crippen MR) is 153 cm³/mol. The first kappa shape index (κ1) is 31.6. The van der Waals surface area contributed by atoms with Gasteiger partial charge in [0.15, 0.2) is 0 Å². The van der Waals surface area contributed by atoms with Crippen molar-refractivity contribution in [1.29, 1.82) is 0 Å². The van der Waals surface area contributed by atoms with Crippen LogP contribution in [0, 0.1) is 5.92 Å². The zero-order valence-electron chi connectivity index (χ0n) is 22.1. The number of aliphatic hydroxyl groups excluding tert-OH is 1. The fraction of sp³-hybridized carbons (Fsp3) is 0.423.